The van der Waals surface area contributed by atoms with E-state index in [-0.39, 0.29) is 0 Å². The predicted octanol–water partition coefficient (Wildman–Crippen LogP) is 1.68. The SMILES string of the molecule is CC(C)[C@@H]1CN(c2nnnn2-c2ccccc2)C[C@H]1N(C)C. The molecule has 1 aliphatic heterocycles. The van der Waals surface area contributed by atoms with Crippen LogP contribution in [-0.4, -0.2) is 58.3 Å². The van der Waals surface area contributed by atoms with E-state index in [1.807, 2.05) is 35.0 Å². The van der Waals surface area contributed by atoms with Crippen LogP contribution in [0.5, 0.6) is 0 Å². The molecule has 0 radical (unpaired) electrons. The van der Waals surface area contributed by atoms with E-state index in [1.165, 1.54) is 0 Å². The van der Waals surface area contributed by atoms with Gasteiger partial charge in [0, 0.05) is 19.1 Å². The summed E-state index contributed by atoms with van der Waals surface area (Å²) >= 11 is 0. The molecule has 0 bridgehead atoms. The van der Waals surface area contributed by atoms with Crippen LogP contribution in [0.1, 0.15) is 13.8 Å². The van der Waals surface area contributed by atoms with Crippen LogP contribution in [0.15, 0.2) is 30.3 Å². The lowest BCUT2D eigenvalue weighted by molar-refractivity contribution is 0.216. The molecule has 0 amide bonds. The largest absolute Gasteiger partial charge is 0.337 e. The van der Waals surface area contributed by atoms with Crippen molar-refractivity contribution in [3.05, 3.63) is 30.3 Å². The highest BCUT2D eigenvalue weighted by Gasteiger charge is 2.37. The van der Waals surface area contributed by atoms with Gasteiger partial charge in [-0.15, -0.1) is 0 Å². The minimum atomic E-state index is 0.529. The zero-order chi connectivity index (χ0) is 15.7. The first-order valence-electron chi connectivity index (χ1n) is 7.83. The van der Waals surface area contributed by atoms with Gasteiger partial charge in [-0.3, -0.25) is 0 Å². The summed E-state index contributed by atoms with van der Waals surface area (Å²) in [4.78, 5) is 4.63. The van der Waals surface area contributed by atoms with Crippen molar-refractivity contribution in [2.24, 2.45) is 11.8 Å². The summed E-state index contributed by atoms with van der Waals surface area (Å²) in [7, 11) is 4.31. The van der Waals surface area contributed by atoms with Crippen LogP contribution in [0, 0.1) is 11.8 Å². The molecule has 0 aliphatic carbocycles. The van der Waals surface area contributed by atoms with Crippen molar-refractivity contribution in [1.82, 2.24) is 25.1 Å². The third-order valence-electron chi connectivity index (χ3n) is 4.59. The second-order valence-corrected chi connectivity index (χ2v) is 6.57. The zero-order valence-electron chi connectivity index (χ0n) is 13.7. The molecule has 6 nitrogen and oxygen atoms in total. The van der Waals surface area contributed by atoms with Gasteiger partial charge in [0.15, 0.2) is 0 Å². The lowest BCUT2D eigenvalue weighted by Gasteiger charge is -2.27. The molecule has 0 N–H and O–H groups in total. The van der Waals surface area contributed by atoms with E-state index in [0.717, 1.165) is 24.7 Å². The maximum absolute atomic E-state index is 4.27. The van der Waals surface area contributed by atoms with Gasteiger partial charge in [0.05, 0.1) is 5.69 Å². The van der Waals surface area contributed by atoms with Crippen molar-refractivity contribution in [3.8, 4) is 5.69 Å². The molecule has 118 valence electrons. The molecule has 2 atom stereocenters. The van der Waals surface area contributed by atoms with Gasteiger partial charge in [0.2, 0.25) is 5.95 Å². The van der Waals surface area contributed by atoms with E-state index in [2.05, 4.69) is 53.3 Å². The molecule has 1 aromatic heterocycles. The van der Waals surface area contributed by atoms with Crippen LogP contribution < -0.4 is 4.90 Å². The van der Waals surface area contributed by atoms with Gasteiger partial charge < -0.3 is 9.80 Å². The van der Waals surface area contributed by atoms with Gasteiger partial charge in [-0.05, 0) is 48.5 Å². The lowest BCUT2D eigenvalue weighted by atomic mass is 9.91. The average Bonchev–Trinajstić information content (AvgIpc) is 3.14. The molecule has 0 unspecified atom stereocenters. The summed E-state index contributed by atoms with van der Waals surface area (Å²) in [5.74, 6) is 2.09. The van der Waals surface area contributed by atoms with E-state index < -0.39 is 0 Å². The Morgan fingerprint density at radius 1 is 1.14 bits per heavy atom. The van der Waals surface area contributed by atoms with E-state index >= 15 is 0 Å². The van der Waals surface area contributed by atoms with Gasteiger partial charge in [0.1, 0.15) is 0 Å². The normalized spacial score (nSPS) is 22.0. The molecule has 1 aromatic carbocycles. The summed E-state index contributed by atoms with van der Waals surface area (Å²) in [5.41, 5.74) is 0.997. The Labute approximate surface area is 131 Å². The maximum atomic E-state index is 4.27. The highest BCUT2D eigenvalue weighted by atomic mass is 15.6. The first-order chi connectivity index (χ1) is 10.6. The van der Waals surface area contributed by atoms with Crippen LogP contribution in [-0.2, 0) is 0 Å². The van der Waals surface area contributed by atoms with Crippen molar-refractivity contribution >= 4 is 5.95 Å². The molecule has 0 spiro atoms. The highest BCUT2D eigenvalue weighted by molar-refractivity contribution is 5.42. The Hall–Kier alpha value is -1.95. The summed E-state index contributed by atoms with van der Waals surface area (Å²) in [5, 5.41) is 12.3. The number of rotatable bonds is 4. The molecule has 22 heavy (non-hydrogen) atoms. The summed E-state index contributed by atoms with van der Waals surface area (Å²) in [6.07, 6.45) is 0. The van der Waals surface area contributed by atoms with E-state index in [1.54, 1.807) is 0 Å². The van der Waals surface area contributed by atoms with Crippen molar-refractivity contribution in [2.45, 2.75) is 19.9 Å². The predicted molar refractivity (Wildman–Crippen MR) is 87.2 cm³/mol. The van der Waals surface area contributed by atoms with Gasteiger partial charge >= 0.3 is 0 Å². The van der Waals surface area contributed by atoms with Crippen molar-refractivity contribution in [2.75, 3.05) is 32.1 Å². The quantitative estimate of drug-likeness (QED) is 0.860. The molecular weight excluding hydrogens is 276 g/mol. The highest BCUT2D eigenvalue weighted by Crippen LogP contribution is 2.30. The molecule has 3 rings (SSSR count). The fraction of sp³-hybridized carbons (Fsp3) is 0.562. The maximum Gasteiger partial charge on any atom is 0.250 e. The third kappa shape index (κ3) is 2.70. The fourth-order valence-electron chi connectivity index (χ4n) is 3.29. The zero-order valence-corrected chi connectivity index (χ0v) is 13.7. The molecule has 2 aromatic rings. The molecule has 1 saturated heterocycles. The number of nitrogens with zero attached hydrogens (tertiary/aromatic N) is 6. The third-order valence-corrected chi connectivity index (χ3v) is 4.59. The minimum absolute atomic E-state index is 0.529. The summed E-state index contributed by atoms with van der Waals surface area (Å²) in [6, 6.07) is 10.6. The van der Waals surface area contributed by atoms with E-state index in [4.69, 9.17) is 0 Å². The van der Waals surface area contributed by atoms with Crippen molar-refractivity contribution < 1.29 is 0 Å². The van der Waals surface area contributed by atoms with Gasteiger partial charge in [-0.25, -0.2) is 0 Å². The molecule has 1 aliphatic rings. The second-order valence-electron chi connectivity index (χ2n) is 6.57. The van der Waals surface area contributed by atoms with Crippen LogP contribution in [0.4, 0.5) is 5.95 Å². The van der Waals surface area contributed by atoms with Gasteiger partial charge in [0.25, 0.3) is 0 Å². The Balaban J connectivity index is 1.89. The number of benzene rings is 1. The van der Waals surface area contributed by atoms with Crippen molar-refractivity contribution in [1.29, 1.82) is 0 Å². The number of aromatic nitrogens is 4. The Morgan fingerprint density at radius 3 is 2.45 bits per heavy atom. The molecular formula is C16H24N6. The first-order valence-corrected chi connectivity index (χ1v) is 7.83. The number of para-hydroxylation sites is 1. The van der Waals surface area contributed by atoms with E-state index in [0.29, 0.717) is 17.9 Å². The second kappa shape index (κ2) is 6.04. The standard InChI is InChI=1S/C16H24N6/c1-12(2)14-10-21(11-15(14)20(3)4)16-17-18-19-22(16)13-8-6-5-7-9-13/h5-9,12,14-15H,10-11H2,1-4H3/t14-,15+/m0/s1. The average molecular weight is 300 g/mol. The Bertz CT molecular complexity index is 590. The fourth-order valence-corrected chi connectivity index (χ4v) is 3.29. The van der Waals surface area contributed by atoms with Crippen LogP contribution in [0.25, 0.3) is 5.69 Å². The minimum Gasteiger partial charge on any atom is -0.337 e. The first kappa shape index (κ1) is 15.0. The topological polar surface area (TPSA) is 50.1 Å². The molecule has 0 saturated carbocycles. The lowest BCUT2D eigenvalue weighted by Crippen LogP contribution is -2.37. The van der Waals surface area contributed by atoms with Crippen LogP contribution in [0.2, 0.25) is 0 Å². The Kier molecular flexibility index (Phi) is 4.11. The number of anilines is 1. The summed E-state index contributed by atoms with van der Waals surface area (Å²) in [6.45, 7) is 6.55. The van der Waals surface area contributed by atoms with E-state index in [9.17, 15) is 0 Å². The summed E-state index contributed by atoms with van der Waals surface area (Å²) < 4.78 is 1.83. The number of hydrogen-bond donors (Lipinski definition) is 0. The smallest absolute Gasteiger partial charge is 0.250 e. The number of likely N-dealkylation sites (N-methyl/N-ethyl adjacent to an activating group) is 1. The Morgan fingerprint density at radius 2 is 1.86 bits per heavy atom. The monoisotopic (exact) mass is 300 g/mol. The van der Waals surface area contributed by atoms with Crippen LogP contribution >= 0.6 is 0 Å². The van der Waals surface area contributed by atoms with Crippen molar-refractivity contribution in [3.63, 3.8) is 0 Å². The molecule has 2 heterocycles. The van der Waals surface area contributed by atoms with Gasteiger partial charge in [-0.2, -0.15) is 4.68 Å². The number of hydrogen-bond acceptors (Lipinski definition) is 5. The number of tetrazole rings is 1. The molecule has 1 fully saturated rings. The molecule has 6 heteroatoms. The van der Waals surface area contributed by atoms with Gasteiger partial charge in [-0.1, -0.05) is 37.1 Å². The van der Waals surface area contributed by atoms with Crippen LogP contribution in [0.3, 0.4) is 0 Å².